The van der Waals surface area contributed by atoms with Gasteiger partial charge in [0, 0.05) is 6.54 Å². The maximum atomic E-state index is 13.4. The second kappa shape index (κ2) is 5.54. The lowest BCUT2D eigenvalue weighted by Crippen LogP contribution is -2.41. The molecule has 1 unspecified atom stereocenters. The van der Waals surface area contributed by atoms with Gasteiger partial charge in [0.25, 0.3) is 0 Å². The Morgan fingerprint density at radius 1 is 1.39 bits per heavy atom. The molecule has 0 amide bonds. The van der Waals surface area contributed by atoms with Crippen LogP contribution >= 0.6 is 0 Å². The van der Waals surface area contributed by atoms with E-state index in [1.807, 2.05) is 0 Å². The first-order valence-electron chi connectivity index (χ1n) is 5.95. The summed E-state index contributed by atoms with van der Waals surface area (Å²) in [6.45, 7) is 0.982. The van der Waals surface area contributed by atoms with Gasteiger partial charge in [-0.25, -0.2) is 8.78 Å². The van der Waals surface area contributed by atoms with Gasteiger partial charge >= 0.3 is 0 Å². The summed E-state index contributed by atoms with van der Waals surface area (Å²) in [7, 11) is 0. The molecule has 2 rings (SSSR count). The molecule has 3 nitrogen and oxygen atoms in total. The van der Waals surface area contributed by atoms with Crippen molar-refractivity contribution in [3.8, 4) is 0 Å². The molecule has 0 spiro atoms. The van der Waals surface area contributed by atoms with Gasteiger partial charge in [0.1, 0.15) is 11.6 Å². The average Bonchev–Trinajstić information content (AvgIpc) is 2.28. The van der Waals surface area contributed by atoms with E-state index in [0.29, 0.717) is 19.5 Å². The van der Waals surface area contributed by atoms with Crippen molar-refractivity contribution in [2.24, 2.45) is 0 Å². The van der Waals surface area contributed by atoms with Gasteiger partial charge in [0.2, 0.25) is 0 Å². The number of aliphatic hydroxyl groups excluding tert-OH is 1. The maximum absolute atomic E-state index is 13.4. The minimum absolute atomic E-state index is 0.0606. The van der Waals surface area contributed by atoms with Gasteiger partial charge in [-0.3, -0.25) is 9.69 Å². The van der Waals surface area contributed by atoms with Crippen LogP contribution in [0.3, 0.4) is 0 Å². The van der Waals surface area contributed by atoms with Crippen molar-refractivity contribution in [3.63, 3.8) is 0 Å². The van der Waals surface area contributed by atoms with Crippen LogP contribution in [0.15, 0.2) is 18.2 Å². The van der Waals surface area contributed by atoms with Crippen molar-refractivity contribution in [2.45, 2.75) is 18.9 Å². The Bertz CT molecular complexity index is 430. The molecule has 1 N–H and O–H groups in total. The highest BCUT2D eigenvalue weighted by Gasteiger charge is 2.23. The molecule has 98 valence electrons. The molecule has 0 radical (unpaired) electrons. The molecule has 18 heavy (non-hydrogen) atoms. The fourth-order valence-corrected chi connectivity index (χ4v) is 2.22. The lowest BCUT2D eigenvalue weighted by Gasteiger charge is -2.29. The fraction of sp³-hybridized carbons (Fsp3) is 0.462. The first kappa shape index (κ1) is 13.1. The Hall–Kier alpha value is -1.33. The number of β-amino-alcohol motifs (C(OH)–C–C–N with tert-alkyl or cyclic N) is 1. The van der Waals surface area contributed by atoms with E-state index in [4.69, 9.17) is 0 Å². The number of carbonyl (C=O) groups is 1. The largest absolute Gasteiger partial charge is 0.392 e. The highest BCUT2D eigenvalue weighted by Crippen LogP contribution is 2.15. The molecule has 1 fully saturated rings. The number of rotatable bonds is 3. The zero-order chi connectivity index (χ0) is 13.1. The highest BCUT2D eigenvalue weighted by molar-refractivity contribution is 5.98. The van der Waals surface area contributed by atoms with Crippen molar-refractivity contribution in [2.75, 3.05) is 19.6 Å². The number of ketones is 1. The number of Topliss-reactive ketones (excluding diaryl/α,β-unsaturated/α-hetero) is 1. The summed E-state index contributed by atoms with van der Waals surface area (Å²) in [5.74, 6) is -2.25. The number of carbonyl (C=O) groups excluding carboxylic acids is 1. The van der Waals surface area contributed by atoms with Crippen LogP contribution in [0.5, 0.6) is 0 Å². The normalized spacial score (nSPS) is 20.9. The molecule has 1 aliphatic heterocycles. The summed E-state index contributed by atoms with van der Waals surface area (Å²) >= 11 is 0. The van der Waals surface area contributed by atoms with Crippen LogP contribution in [0.1, 0.15) is 23.2 Å². The topological polar surface area (TPSA) is 40.5 Å². The smallest absolute Gasteiger partial charge is 0.182 e. The van der Waals surface area contributed by atoms with E-state index in [2.05, 4.69) is 0 Å². The molecule has 0 aliphatic carbocycles. The van der Waals surface area contributed by atoms with Crippen LogP contribution in [0.4, 0.5) is 8.78 Å². The van der Waals surface area contributed by atoms with Crippen LogP contribution in [0, 0.1) is 11.6 Å². The first-order valence-corrected chi connectivity index (χ1v) is 5.95. The predicted molar refractivity (Wildman–Crippen MR) is 62.4 cm³/mol. The summed E-state index contributed by atoms with van der Waals surface area (Å²) in [5.41, 5.74) is -0.488. The van der Waals surface area contributed by atoms with Gasteiger partial charge in [-0.05, 0) is 31.5 Å². The third kappa shape index (κ3) is 2.91. The number of hydrogen-bond donors (Lipinski definition) is 1. The predicted octanol–water partition coefficient (Wildman–Crippen LogP) is 1.60. The van der Waals surface area contributed by atoms with Crippen molar-refractivity contribution in [3.05, 3.63) is 35.4 Å². The third-order valence-corrected chi connectivity index (χ3v) is 3.09. The molecule has 5 heteroatoms. The van der Waals surface area contributed by atoms with Gasteiger partial charge in [-0.1, -0.05) is 6.07 Å². The molecule has 0 aromatic heterocycles. The fourth-order valence-electron chi connectivity index (χ4n) is 2.22. The van der Waals surface area contributed by atoms with Crippen LogP contribution in [0.25, 0.3) is 0 Å². The standard InChI is InChI=1S/C13H15F2NO2/c14-10-4-1-5-11(15)13(10)12(18)8-16-6-2-3-9(17)7-16/h1,4-5,9,17H,2-3,6-8H2. The van der Waals surface area contributed by atoms with Crippen LogP contribution < -0.4 is 0 Å². The number of aliphatic hydroxyl groups is 1. The summed E-state index contributed by atoms with van der Waals surface area (Å²) in [5, 5.41) is 9.47. The molecule has 0 saturated carbocycles. The van der Waals surface area contributed by atoms with E-state index in [-0.39, 0.29) is 6.54 Å². The maximum Gasteiger partial charge on any atom is 0.182 e. The van der Waals surface area contributed by atoms with Crippen molar-refractivity contribution in [1.29, 1.82) is 0 Å². The monoisotopic (exact) mass is 255 g/mol. The van der Waals surface area contributed by atoms with E-state index in [0.717, 1.165) is 18.6 Å². The zero-order valence-corrected chi connectivity index (χ0v) is 9.90. The van der Waals surface area contributed by atoms with Crippen LogP contribution in [-0.4, -0.2) is 41.5 Å². The minimum atomic E-state index is -0.836. The Morgan fingerprint density at radius 3 is 2.67 bits per heavy atom. The van der Waals surface area contributed by atoms with Gasteiger partial charge in [-0.15, -0.1) is 0 Å². The Kier molecular flexibility index (Phi) is 4.04. The zero-order valence-electron chi connectivity index (χ0n) is 9.90. The lowest BCUT2D eigenvalue weighted by molar-refractivity contribution is 0.0630. The highest BCUT2D eigenvalue weighted by atomic mass is 19.1. The minimum Gasteiger partial charge on any atom is -0.392 e. The van der Waals surface area contributed by atoms with E-state index in [1.54, 1.807) is 4.90 Å². The molecular formula is C13H15F2NO2. The van der Waals surface area contributed by atoms with Gasteiger partial charge < -0.3 is 5.11 Å². The van der Waals surface area contributed by atoms with Crippen molar-refractivity contribution in [1.82, 2.24) is 4.90 Å². The quantitative estimate of drug-likeness (QED) is 0.834. The number of likely N-dealkylation sites (tertiary alicyclic amines) is 1. The van der Waals surface area contributed by atoms with Gasteiger partial charge in [-0.2, -0.15) is 0 Å². The van der Waals surface area contributed by atoms with Gasteiger partial charge in [0.05, 0.1) is 18.2 Å². The number of benzene rings is 1. The molecule has 1 aromatic carbocycles. The number of nitrogens with zero attached hydrogens (tertiary/aromatic N) is 1. The Labute approximate surface area is 104 Å². The van der Waals surface area contributed by atoms with Crippen LogP contribution in [0.2, 0.25) is 0 Å². The number of piperidine rings is 1. The Balaban J connectivity index is 2.07. The Morgan fingerprint density at radius 2 is 2.06 bits per heavy atom. The first-order chi connectivity index (χ1) is 8.58. The molecule has 1 aliphatic rings. The van der Waals surface area contributed by atoms with E-state index in [1.165, 1.54) is 6.07 Å². The number of hydrogen-bond acceptors (Lipinski definition) is 3. The summed E-state index contributed by atoms with van der Waals surface area (Å²) in [6.07, 6.45) is 1.03. The summed E-state index contributed by atoms with van der Waals surface area (Å²) in [4.78, 5) is 13.6. The van der Waals surface area contributed by atoms with E-state index < -0.39 is 29.1 Å². The van der Waals surface area contributed by atoms with Crippen molar-refractivity contribution < 1.29 is 18.7 Å². The van der Waals surface area contributed by atoms with Crippen molar-refractivity contribution >= 4 is 5.78 Å². The SMILES string of the molecule is O=C(CN1CCCC(O)C1)c1c(F)cccc1F. The molecule has 0 bridgehead atoms. The summed E-state index contributed by atoms with van der Waals surface area (Å²) in [6, 6.07) is 3.37. The molecule has 1 saturated heterocycles. The second-order valence-corrected chi connectivity index (χ2v) is 4.55. The summed E-state index contributed by atoms with van der Waals surface area (Å²) < 4.78 is 26.8. The van der Waals surface area contributed by atoms with Crippen LogP contribution in [-0.2, 0) is 0 Å². The average molecular weight is 255 g/mol. The number of halogens is 2. The lowest BCUT2D eigenvalue weighted by atomic mass is 10.1. The van der Waals surface area contributed by atoms with E-state index >= 15 is 0 Å². The molecule has 1 heterocycles. The second-order valence-electron chi connectivity index (χ2n) is 4.55. The molecule has 1 aromatic rings. The molecule has 1 atom stereocenters. The molecular weight excluding hydrogens is 240 g/mol. The van der Waals surface area contributed by atoms with E-state index in [9.17, 15) is 18.7 Å². The van der Waals surface area contributed by atoms with Gasteiger partial charge in [0.15, 0.2) is 5.78 Å². The third-order valence-electron chi connectivity index (χ3n) is 3.09.